The lowest BCUT2D eigenvalue weighted by atomic mass is 9.76. The van der Waals surface area contributed by atoms with Gasteiger partial charge in [0, 0.05) is 25.8 Å². The summed E-state index contributed by atoms with van der Waals surface area (Å²) < 4.78 is 13.3. The van der Waals surface area contributed by atoms with E-state index in [2.05, 4.69) is 95.8 Å². The quantitative estimate of drug-likeness (QED) is 0.143. The Morgan fingerprint density at radius 2 is 2.00 bits per heavy atom. The molecule has 2 aliphatic heterocycles. The molecule has 172 valence electrons. The topological polar surface area (TPSA) is 67.8 Å². The van der Waals surface area contributed by atoms with Gasteiger partial charge in [-0.3, -0.25) is 5.43 Å². The molecule has 0 radical (unpaired) electrons. The highest BCUT2D eigenvalue weighted by Crippen LogP contribution is 2.52. The van der Waals surface area contributed by atoms with Crippen molar-refractivity contribution in [1.29, 1.82) is 0 Å². The molecule has 3 heterocycles. The molecular formula is C26H22BrIN4O2. The molecule has 3 aromatic rings. The van der Waals surface area contributed by atoms with Crippen molar-refractivity contribution in [3.63, 3.8) is 0 Å². The fourth-order valence-corrected chi connectivity index (χ4v) is 5.83. The van der Waals surface area contributed by atoms with Crippen LogP contribution in [-0.2, 0) is 0 Å². The molecule has 0 fully saturated rings. The van der Waals surface area contributed by atoms with E-state index in [0.717, 1.165) is 48.7 Å². The van der Waals surface area contributed by atoms with Gasteiger partial charge in [0.25, 0.3) is 0 Å². The molecule has 2 aromatic carbocycles. The molecule has 3 atom stereocenters. The third-order valence-corrected chi connectivity index (χ3v) is 8.00. The standard InChI is InChI=1S/C26H22BrIN4O2/c1-14(31-32-25-8-6-16(28)12-29-25)15-5-7-22-19(9-15)17-3-2-4-18(17)26(30-22)20-10-23-24(11-21(20)27)34-13-33-23/h2-3,5-12,17-18,26,30H,4,13H2,1H3,(H,29,32)/b31-14+/t17-,18+,26+/m1/s1. The van der Waals surface area contributed by atoms with E-state index in [9.17, 15) is 0 Å². The van der Waals surface area contributed by atoms with Gasteiger partial charge >= 0.3 is 0 Å². The number of fused-ring (bicyclic) bond motifs is 4. The zero-order valence-corrected chi connectivity index (χ0v) is 22.1. The van der Waals surface area contributed by atoms with Gasteiger partial charge < -0.3 is 14.8 Å². The van der Waals surface area contributed by atoms with Crippen LogP contribution >= 0.6 is 38.5 Å². The van der Waals surface area contributed by atoms with Crippen LogP contribution in [0.1, 0.15) is 42.0 Å². The Bertz CT molecular complexity index is 1330. The second kappa shape index (κ2) is 8.88. The average Bonchev–Trinajstić information content (AvgIpc) is 3.52. The third kappa shape index (κ3) is 3.96. The lowest BCUT2D eigenvalue weighted by Crippen LogP contribution is -2.29. The van der Waals surface area contributed by atoms with E-state index in [0.29, 0.717) is 11.8 Å². The van der Waals surface area contributed by atoms with Crippen LogP contribution in [0.4, 0.5) is 11.5 Å². The van der Waals surface area contributed by atoms with Crippen molar-refractivity contribution < 1.29 is 9.47 Å². The molecule has 6 rings (SSSR count). The minimum Gasteiger partial charge on any atom is -0.454 e. The maximum atomic E-state index is 5.66. The summed E-state index contributed by atoms with van der Waals surface area (Å²) in [5.41, 5.74) is 8.75. The van der Waals surface area contributed by atoms with Crippen LogP contribution in [0, 0.1) is 9.49 Å². The summed E-state index contributed by atoms with van der Waals surface area (Å²) in [5, 5.41) is 8.38. The number of rotatable bonds is 4. The summed E-state index contributed by atoms with van der Waals surface area (Å²) in [4.78, 5) is 4.36. The van der Waals surface area contributed by atoms with E-state index in [1.165, 1.54) is 11.1 Å². The minimum absolute atomic E-state index is 0.172. The van der Waals surface area contributed by atoms with Crippen molar-refractivity contribution in [2.24, 2.45) is 11.0 Å². The Morgan fingerprint density at radius 1 is 1.15 bits per heavy atom. The van der Waals surface area contributed by atoms with Gasteiger partial charge in [-0.05, 0) is 94.9 Å². The Kier molecular flexibility index (Phi) is 5.73. The van der Waals surface area contributed by atoms with Crippen LogP contribution in [0.15, 0.2) is 70.4 Å². The molecule has 0 unspecified atom stereocenters. The van der Waals surface area contributed by atoms with Crippen LogP contribution in [0.3, 0.4) is 0 Å². The molecule has 6 nitrogen and oxygen atoms in total. The number of hydrogen-bond donors (Lipinski definition) is 2. The number of allylic oxidation sites excluding steroid dienone is 2. The second-order valence-electron chi connectivity index (χ2n) is 8.68. The zero-order valence-electron chi connectivity index (χ0n) is 18.4. The average molecular weight is 629 g/mol. The van der Waals surface area contributed by atoms with E-state index in [-0.39, 0.29) is 12.8 Å². The number of nitrogens with one attached hydrogen (secondary N) is 2. The van der Waals surface area contributed by atoms with E-state index < -0.39 is 0 Å². The van der Waals surface area contributed by atoms with Crippen molar-refractivity contribution >= 4 is 55.7 Å². The van der Waals surface area contributed by atoms with Crippen LogP contribution < -0.4 is 20.2 Å². The Hall–Kier alpha value is -2.59. The van der Waals surface area contributed by atoms with Crippen LogP contribution in [0.2, 0.25) is 0 Å². The van der Waals surface area contributed by atoms with Gasteiger partial charge in [0.1, 0.15) is 5.82 Å². The number of aromatic nitrogens is 1. The van der Waals surface area contributed by atoms with Crippen LogP contribution in [0.25, 0.3) is 0 Å². The minimum atomic E-state index is 0.172. The van der Waals surface area contributed by atoms with Gasteiger partial charge in [0.2, 0.25) is 6.79 Å². The number of anilines is 2. The van der Waals surface area contributed by atoms with Gasteiger partial charge in [-0.25, -0.2) is 4.98 Å². The molecule has 0 saturated heterocycles. The number of pyridine rings is 1. The lowest BCUT2D eigenvalue weighted by molar-refractivity contribution is 0.174. The molecule has 0 spiro atoms. The predicted molar refractivity (Wildman–Crippen MR) is 146 cm³/mol. The summed E-state index contributed by atoms with van der Waals surface area (Å²) in [6.45, 7) is 2.30. The number of halogens is 2. The van der Waals surface area contributed by atoms with Gasteiger partial charge in [-0.1, -0.05) is 34.1 Å². The van der Waals surface area contributed by atoms with E-state index in [1.807, 2.05) is 31.3 Å². The lowest BCUT2D eigenvalue weighted by Gasteiger charge is -2.38. The smallest absolute Gasteiger partial charge is 0.231 e. The van der Waals surface area contributed by atoms with Crippen molar-refractivity contribution in [1.82, 2.24) is 4.98 Å². The third-order valence-electron chi connectivity index (χ3n) is 6.67. The fourth-order valence-electron chi connectivity index (χ4n) is 4.95. The van der Waals surface area contributed by atoms with E-state index in [4.69, 9.17) is 9.47 Å². The van der Waals surface area contributed by atoms with Gasteiger partial charge in [-0.15, -0.1) is 0 Å². The summed E-state index contributed by atoms with van der Waals surface area (Å²) in [5.74, 6) is 3.10. The van der Waals surface area contributed by atoms with E-state index >= 15 is 0 Å². The Balaban J connectivity index is 1.30. The highest BCUT2D eigenvalue weighted by Gasteiger charge is 2.39. The largest absolute Gasteiger partial charge is 0.454 e. The Morgan fingerprint density at radius 3 is 2.82 bits per heavy atom. The molecule has 0 amide bonds. The molecule has 34 heavy (non-hydrogen) atoms. The number of hydrazone groups is 1. The maximum Gasteiger partial charge on any atom is 0.231 e. The number of nitrogens with zero attached hydrogens (tertiary/aromatic N) is 2. The summed E-state index contributed by atoms with van der Waals surface area (Å²) >= 11 is 6.01. The first kappa shape index (κ1) is 21.9. The van der Waals surface area contributed by atoms with Gasteiger partial charge in [-0.2, -0.15) is 5.10 Å². The zero-order chi connectivity index (χ0) is 23.2. The highest BCUT2D eigenvalue weighted by molar-refractivity contribution is 14.1. The first-order chi connectivity index (χ1) is 16.6. The van der Waals surface area contributed by atoms with Crippen molar-refractivity contribution in [2.45, 2.75) is 25.3 Å². The molecule has 0 bridgehead atoms. The van der Waals surface area contributed by atoms with Crippen LogP contribution in [-0.4, -0.2) is 17.5 Å². The van der Waals surface area contributed by atoms with Crippen molar-refractivity contribution in [2.75, 3.05) is 17.5 Å². The normalized spacial score (nSPS) is 22.2. The first-order valence-electron chi connectivity index (χ1n) is 11.2. The van der Waals surface area contributed by atoms with Crippen molar-refractivity contribution in [3.8, 4) is 11.5 Å². The van der Waals surface area contributed by atoms with Crippen LogP contribution in [0.5, 0.6) is 11.5 Å². The molecule has 8 heteroatoms. The molecular weight excluding hydrogens is 607 g/mol. The SMILES string of the molecule is C/C(=N\Nc1ccc(I)cn1)c1ccc2c(c1)[C@@H]1C=CC[C@@H]1[C@@H](c1cc3c(cc1Br)OCO3)N2. The maximum absolute atomic E-state index is 5.66. The molecule has 0 saturated carbocycles. The molecule has 2 N–H and O–H groups in total. The molecule has 1 aromatic heterocycles. The Labute approximate surface area is 220 Å². The number of hydrogen-bond acceptors (Lipinski definition) is 6. The fraction of sp³-hybridized carbons (Fsp3) is 0.231. The molecule has 3 aliphatic rings. The number of ether oxygens (including phenoxy) is 2. The second-order valence-corrected chi connectivity index (χ2v) is 10.8. The van der Waals surface area contributed by atoms with Gasteiger partial charge in [0.15, 0.2) is 11.5 Å². The summed E-state index contributed by atoms with van der Waals surface area (Å²) in [7, 11) is 0. The predicted octanol–water partition coefficient (Wildman–Crippen LogP) is 6.84. The molecule has 1 aliphatic carbocycles. The van der Waals surface area contributed by atoms with Crippen molar-refractivity contribution in [3.05, 3.63) is 85.5 Å². The number of benzene rings is 2. The summed E-state index contributed by atoms with van der Waals surface area (Å²) in [6.07, 6.45) is 7.50. The van der Waals surface area contributed by atoms with Gasteiger partial charge in [0.05, 0.1) is 11.8 Å². The van der Waals surface area contributed by atoms with E-state index in [1.54, 1.807) is 0 Å². The highest BCUT2D eigenvalue weighted by atomic mass is 127. The monoisotopic (exact) mass is 628 g/mol. The summed E-state index contributed by atoms with van der Waals surface area (Å²) in [6, 6.07) is 14.8. The first-order valence-corrected chi connectivity index (χ1v) is 13.0.